The molecule has 0 aromatic rings. The zero-order chi connectivity index (χ0) is 15.1. The molecule has 0 bridgehead atoms. The SMILES string of the molecule is CCC[CH2][Sn]([CH2]CCC)([CH2]CCC)[C]1=CCS(=O)(=O)C1. The number of sulfone groups is 1. The molecule has 0 unspecified atom stereocenters. The monoisotopic (exact) mass is 408 g/mol. The van der Waals surface area contributed by atoms with Crippen LogP contribution in [0.5, 0.6) is 0 Å². The van der Waals surface area contributed by atoms with Crippen molar-refractivity contribution in [3.63, 3.8) is 0 Å². The summed E-state index contributed by atoms with van der Waals surface area (Å²) in [6.45, 7) is 6.78. The maximum absolute atomic E-state index is 11.9. The first-order valence-electron chi connectivity index (χ1n) is 8.39. The van der Waals surface area contributed by atoms with E-state index in [0.717, 1.165) is 0 Å². The summed E-state index contributed by atoms with van der Waals surface area (Å²) in [6.07, 6.45) is 9.79. The van der Waals surface area contributed by atoms with Crippen molar-refractivity contribution in [1.29, 1.82) is 0 Å². The van der Waals surface area contributed by atoms with Crippen LogP contribution >= 0.6 is 0 Å². The van der Waals surface area contributed by atoms with Crippen molar-refractivity contribution < 1.29 is 8.42 Å². The molecule has 0 amide bonds. The van der Waals surface area contributed by atoms with Crippen LogP contribution in [0.2, 0.25) is 13.3 Å². The molecule has 4 heteroatoms. The molecule has 2 nitrogen and oxygen atoms in total. The second kappa shape index (κ2) is 8.82. The van der Waals surface area contributed by atoms with Crippen LogP contribution in [0, 0.1) is 0 Å². The van der Waals surface area contributed by atoms with Crippen LogP contribution in [0.25, 0.3) is 0 Å². The molecule has 0 saturated carbocycles. The molecule has 1 aliphatic heterocycles. The Morgan fingerprint density at radius 1 is 0.950 bits per heavy atom. The Morgan fingerprint density at radius 3 is 1.70 bits per heavy atom. The average Bonchev–Trinajstić information content (AvgIpc) is 2.79. The molecule has 0 saturated heterocycles. The van der Waals surface area contributed by atoms with Crippen LogP contribution in [0.1, 0.15) is 59.3 Å². The molecule has 0 aliphatic carbocycles. The number of unbranched alkanes of at least 4 members (excludes halogenated alkanes) is 3. The van der Waals surface area contributed by atoms with Gasteiger partial charge in [-0.3, -0.25) is 0 Å². The Labute approximate surface area is 130 Å². The van der Waals surface area contributed by atoms with Gasteiger partial charge in [0.25, 0.3) is 0 Å². The molecule has 0 N–H and O–H groups in total. The third kappa shape index (κ3) is 5.36. The van der Waals surface area contributed by atoms with Gasteiger partial charge in [-0.1, -0.05) is 0 Å². The van der Waals surface area contributed by atoms with Crippen molar-refractivity contribution >= 4 is 28.2 Å². The van der Waals surface area contributed by atoms with Gasteiger partial charge in [0.05, 0.1) is 0 Å². The molecule has 20 heavy (non-hydrogen) atoms. The zero-order valence-corrected chi connectivity index (χ0v) is 17.3. The molecule has 0 aromatic carbocycles. The van der Waals surface area contributed by atoms with Crippen molar-refractivity contribution in [2.24, 2.45) is 0 Å². The Bertz CT molecular complexity index is 390. The van der Waals surface area contributed by atoms with Gasteiger partial charge in [0.15, 0.2) is 0 Å². The van der Waals surface area contributed by atoms with Gasteiger partial charge in [0.2, 0.25) is 0 Å². The van der Waals surface area contributed by atoms with E-state index < -0.39 is 28.2 Å². The number of hydrogen-bond acceptors (Lipinski definition) is 2. The van der Waals surface area contributed by atoms with Crippen molar-refractivity contribution in [3.05, 3.63) is 9.67 Å². The molecule has 0 spiro atoms. The van der Waals surface area contributed by atoms with Gasteiger partial charge in [0.1, 0.15) is 0 Å². The standard InChI is InChI=1S/C4H5O2S.3C4H9.Sn/c5-7(6)3-1-2-4-7;3*1-3-4-2;/h1H,3-4H2;3*1,3-4H2,2H3;. The summed E-state index contributed by atoms with van der Waals surface area (Å²) in [5, 5.41) is 0. The Kier molecular flexibility index (Phi) is 8.17. The van der Waals surface area contributed by atoms with Crippen LogP contribution in [-0.4, -0.2) is 38.3 Å². The van der Waals surface area contributed by atoms with E-state index >= 15 is 0 Å². The summed E-state index contributed by atoms with van der Waals surface area (Å²) < 4.78 is 29.4. The minimum atomic E-state index is -2.79. The van der Waals surface area contributed by atoms with Crippen LogP contribution in [0.4, 0.5) is 0 Å². The number of hydrogen-bond donors (Lipinski definition) is 0. The topological polar surface area (TPSA) is 34.1 Å². The van der Waals surface area contributed by atoms with Crippen LogP contribution in [0.15, 0.2) is 9.67 Å². The first-order chi connectivity index (χ1) is 9.49. The van der Waals surface area contributed by atoms with Gasteiger partial charge in [-0.05, 0) is 0 Å². The molecular formula is C16H32O2SSn. The average molecular weight is 407 g/mol. The van der Waals surface area contributed by atoms with Crippen molar-refractivity contribution in [2.45, 2.75) is 72.6 Å². The molecule has 1 aliphatic rings. The first kappa shape index (κ1) is 18.5. The second-order valence-corrected chi connectivity index (χ2v) is 21.9. The predicted octanol–water partition coefficient (Wildman–Crippen LogP) is 4.73. The van der Waals surface area contributed by atoms with Gasteiger partial charge < -0.3 is 0 Å². The summed E-state index contributed by atoms with van der Waals surface area (Å²) in [7, 11) is -2.79. The molecule has 0 fully saturated rings. The van der Waals surface area contributed by atoms with Gasteiger partial charge in [-0.2, -0.15) is 0 Å². The minimum absolute atomic E-state index is 0.325. The van der Waals surface area contributed by atoms with Crippen molar-refractivity contribution in [2.75, 3.05) is 11.5 Å². The van der Waals surface area contributed by atoms with Gasteiger partial charge in [-0.15, -0.1) is 0 Å². The summed E-state index contributed by atoms with van der Waals surface area (Å²) >= 11 is -2.40. The zero-order valence-electron chi connectivity index (χ0n) is 13.6. The van der Waals surface area contributed by atoms with E-state index in [1.807, 2.05) is 0 Å². The number of rotatable bonds is 10. The Morgan fingerprint density at radius 2 is 1.40 bits per heavy atom. The Hall–Kier alpha value is 0.489. The van der Waals surface area contributed by atoms with Crippen LogP contribution < -0.4 is 0 Å². The third-order valence-corrected chi connectivity index (χ3v) is 23.0. The van der Waals surface area contributed by atoms with Crippen molar-refractivity contribution in [1.82, 2.24) is 0 Å². The van der Waals surface area contributed by atoms with Gasteiger partial charge in [-0.25, -0.2) is 0 Å². The fraction of sp³-hybridized carbons (Fsp3) is 0.875. The van der Waals surface area contributed by atoms with Gasteiger partial charge >= 0.3 is 130 Å². The van der Waals surface area contributed by atoms with Gasteiger partial charge in [0, 0.05) is 0 Å². The summed E-state index contributed by atoms with van der Waals surface area (Å²) in [5.74, 6) is 0.742. The summed E-state index contributed by atoms with van der Waals surface area (Å²) in [5.41, 5.74) is 0. The fourth-order valence-corrected chi connectivity index (χ4v) is 25.0. The fourth-order valence-electron chi connectivity index (χ4n) is 3.35. The van der Waals surface area contributed by atoms with Crippen molar-refractivity contribution in [3.8, 4) is 0 Å². The molecule has 1 heterocycles. The van der Waals surface area contributed by atoms with E-state index in [2.05, 4.69) is 26.8 Å². The summed E-state index contributed by atoms with van der Waals surface area (Å²) in [4.78, 5) is 0. The van der Waals surface area contributed by atoms with Crippen LogP contribution in [-0.2, 0) is 9.84 Å². The van der Waals surface area contributed by atoms with E-state index in [-0.39, 0.29) is 0 Å². The molecule has 0 aromatic heterocycles. The van der Waals surface area contributed by atoms with E-state index in [4.69, 9.17) is 0 Å². The van der Waals surface area contributed by atoms with E-state index in [1.165, 1.54) is 55.4 Å². The van der Waals surface area contributed by atoms with E-state index in [0.29, 0.717) is 11.5 Å². The second-order valence-electron chi connectivity index (χ2n) is 6.37. The molecular weight excluding hydrogens is 375 g/mol. The third-order valence-electron chi connectivity index (χ3n) is 4.67. The molecule has 0 radical (unpaired) electrons. The summed E-state index contributed by atoms with van der Waals surface area (Å²) in [6, 6.07) is 0. The maximum atomic E-state index is 11.9. The molecule has 0 atom stereocenters. The normalized spacial score (nSPS) is 18.2. The van der Waals surface area contributed by atoms with E-state index in [1.54, 1.807) is 0 Å². The quantitative estimate of drug-likeness (QED) is 0.491. The Balaban J connectivity index is 2.94. The molecule has 118 valence electrons. The molecule has 1 rings (SSSR count). The van der Waals surface area contributed by atoms with Crippen LogP contribution in [0.3, 0.4) is 0 Å². The first-order valence-corrected chi connectivity index (χ1v) is 17.7. The predicted molar refractivity (Wildman–Crippen MR) is 91.6 cm³/mol. The van der Waals surface area contributed by atoms with E-state index in [9.17, 15) is 8.42 Å².